The fourth-order valence-electron chi connectivity index (χ4n) is 0.933. The quantitative estimate of drug-likeness (QED) is 0.768. The zero-order valence-electron chi connectivity index (χ0n) is 7.41. The topological polar surface area (TPSA) is 55.4 Å². The van der Waals surface area contributed by atoms with Crippen LogP contribution in [0.5, 0.6) is 5.75 Å². The number of hydrogen-bond donors (Lipinski definition) is 1. The molecule has 0 heterocycles. The summed E-state index contributed by atoms with van der Waals surface area (Å²) in [6, 6.07) is 6.38. The molecule has 1 rings (SSSR count). The Morgan fingerprint density at radius 3 is 2.71 bits per heavy atom. The van der Waals surface area contributed by atoms with Gasteiger partial charge in [-0.15, -0.1) is 0 Å². The van der Waals surface area contributed by atoms with Crippen LogP contribution in [0, 0.1) is 0 Å². The molecule has 14 heavy (non-hydrogen) atoms. The molecule has 4 nitrogen and oxygen atoms in total. The van der Waals surface area contributed by atoms with E-state index < -0.39 is 5.43 Å². The maximum Gasteiger partial charge on any atom is 0.409 e. The highest BCUT2D eigenvalue weighted by atomic mass is 35.5. The van der Waals surface area contributed by atoms with Gasteiger partial charge in [-0.05, 0) is 12.1 Å². The number of ether oxygens (including phenoxy) is 1. The highest BCUT2D eigenvalue weighted by Crippen LogP contribution is 2.17. The summed E-state index contributed by atoms with van der Waals surface area (Å²) >= 11 is 5.02. The lowest BCUT2D eigenvalue weighted by Crippen LogP contribution is -2.06. The Kier molecular flexibility index (Phi) is 3.48. The van der Waals surface area contributed by atoms with E-state index in [-0.39, 0.29) is 11.7 Å². The van der Waals surface area contributed by atoms with Crippen LogP contribution in [0.4, 0.5) is 10.5 Å². The lowest BCUT2D eigenvalue weighted by atomic mass is 10.3. The van der Waals surface area contributed by atoms with Crippen LogP contribution in [0.1, 0.15) is 6.92 Å². The van der Waals surface area contributed by atoms with Crippen molar-refractivity contribution < 1.29 is 14.3 Å². The maximum atomic E-state index is 10.7. The van der Waals surface area contributed by atoms with Crippen molar-refractivity contribution in [1.82, 2.24) is 0 Å². The van der Waals surface area contributed by atoms with Crippen molar-refractivity contribution in [3.63, 3.8) is 0 Å². The van der Waals surface area contributed by atoms with Gasteiger partial charge in [-0.2, -0.15) is 0 Å². The second-order valence-electron chi connectivity index (χ2n) is 2.55. The van der Waals surface area contributed by atoms with E-state index in [1.165, 1.54) is 13.0 Å². The zero-order valence-corrected chi connectivity index (χ0v) is 8.17. The summed E-state index contributed by atoms with van der Waals surface area (Å²) in [4.78, 5) is 21.1. The minimum absolute atomic E-state index is 0.195. The van der Waals surface area contributed by atoms with Crippen molar-refractivity contribution in [2.24, 2.45) is 0 Å². The van der Waals surface area contributed by atoms with Crippen molar-refractivity contribution in [3.8, 4) is 5.75 Å². The summed E-state index contributed by atoms with van der Waals surface area (Å²) in [6.07, 6.45) is 0. The Hall–Kier alpha value is -1.55. The van der Waals surface area contributed by atoms with E-state index in [1.54, 1.807) is 18.2 Å². The summed E-state index contributed by atoms with van der Waals surface area (Å²) in [6.45, 7) is 1.39. The first kappa shape index (κ1) is 10.5. The second kappa shape index (κ2) is 4.62. The fraction of sp³-hybridized carbons (Fsp3) is 0.111. The maximum absolute atomic E-state index is 10.7. The van der Waals surface area contributed by atoms with Crippen LogP contribution in [0.15, 0.2) is 24.3 Å². The molecule has 1 N–H and O–H groups in total. The smallest absolute Gasteiger partial charge is 0.409 e. The van der Waals surface area contributed by atoms with Gasteiger partial charge in [-0.1, -0.05) is 6.07 Å². The number of amides is 1. The van der Waals surface area contributed by atoms with Crippen molar-refractivity contribution >= 4 is 28.6 Å². The van der Waals surface area contributed by atoms with E-state index in [1.807, 2.05) is 0 Å². The Bertz CT molecular complexity index is 334. The number of benzene rings is 1. The summed E-state index contributed by atoms with van der Waals surface area (Å²) < 4.78 is 4.61. The van der Waals surface area contributed by atoms with Crippen LogP contribution >= 0.6 is 11.6 Å². The third-order valence-corrected chi connectivity index (χ3v) is 1.43. The summed E-state index contributed by atoms with van der Waals surface area (Å²) in [7, 11) is 0. The Morgan fingerprint density at radius 1 is 1.43 bits per heavy atom. The van der Waals surface area contributed by atoms with Gasteiger partial charge in [0.05, 0.1) is 0 Å². The van der Waals surface area contributed by atoms with Crippen LogP contribution < -0.4 is 10.1 Å². The number of anilines is 1. The molecule has 0 aromatic heterocycles. The molecular formula is C9H8ClNO3. The van der Waals surface area contributed by atoms with Crippen LogP contribution in [0.2, 0.25) is 0 Å². The van der Waals surface area contributed by atoms with Gasteiger partial charge in [0.25, 0.3) is 0 Å². The molecule has 5 heteroatoms. The van der Waals surface area contributed by atoms with Gasteiger partial charge in [-0.25, -0.2) is 4.79 Å². The predicted octanol–water partition coefficient (Wildman–Crippen LogP) is 2.38. The van der Waals surface area contributed by atoms with Crippen molar-refractivity contribution in [3.05, 3.63) is 24.3 Å². The fourth-order valence-corrected chi connectivity index (χ4v) is 1.02. The minimum Gasteiger partial charge on any atom is -0.414 e. The first-order valence-corrected chi connectivity index (χ1v) is 4.20. The molecule has 1 aromatic carbocycles. The van der Waals surface area contributed by atoms with E-state index >= 15 is 0 Å². The first-order valence-electron chi connectivity index (χ1n) is 3.83. The third-order valence-electron chi connectivity index (χ3n) is 1.35. The standard InChI is InChI=1S/C9H8ClNO3/c1-6(12)11-7-3-2-4-8(5-7)14-9(10)13/h2-5H,1H3,(H,11,12). The molecule has 0 fully saturated rings. The number of nitrogens with one attached hydrogen (secondary N) is 1. The average Bonchev–Trinajstić information content (AvgIpc) is 2.01. The molecule has 0 saturated heterocycles. The van der Waals surface area contributed by atoms with Crippen molar-refractivity contribution in [2.45, 2.75) is 6.92 Å². The van der Waals surface area contributed by atoms with E-state index in [0.29, 0.717) is 5.69 Å². The molecule has 0 spiro atoms. The van der Waals surface area contributed by atoms with Gasteiger partial charge >= 0.3 is 5.43 Å². The summed E-state index contributed by atoms with van der Waals surface area (Å²) in [5.41, 5.74) is -0.363. The number of halogens is 1. The lowest BCUT2D eigenvalue weighted by Gasteiger charge is -2.03. The van der Waals surface area contributed by atoms with E-state index in [0.717, 1.165) is 0 Å². The third kappa shape index (κ3) is 3.45. The molecule has 0 unspecified atom stereocenters. The van der Waals surface area contributed by atoms with Gasteiger partial charge in [-0.3, -0.25) is 4.79 Å². The Balaban J connectivity index is 2.78. The molecule has 0 radical (unpaired) electrons. The van der Waals surface area contributed by atoms with Gasteiger partial charge in [0, 0.05) is 30.3 Å². The molecule has 0 aliphatic heterocycles. The molecule has 0 saturated carbocycles. The summed E-state index contributed by atoms with van der Waals surface area (Å²) in [5, 5.41) is 2.55. The SMILES string of the molecule is CC(=O)Nc1cccc(OC(=O)Cl)c1. The predicted molar refractivity (Wildman–Crippen MR) is 52.6 cm³/mol. The normalized spacial score (nSPS) is 9.29. The Labute approximate surface area is 85.8 Å². The number of carbonyl (C=O) groups excluding carboxylic acids is 2. The molecule has 1 amide bonds. The van der Waals surface area contributed by atoms with E-state index in [2.05, 4.69) is 10.1 Å². The first-order chi connectivity index (χ1) is 6.58. The zero-order chi connectivity index (χ0) is 10.6. The minimum atomic E-state index is -0.912. The summed E-state index contributed by atoms with van der Waals surface area (Å²) in [5.74, 6) is 0.0931. The highest BCUT2D eigenvalue weighted by molar-refractivity contribution is 6.61. The van der Waals surface area contributed by atoms with Gasteiger partial charge in [0.15, 0.2) is 0 Å². The molecule has 0 atom stereocenters. The van der Waals surface area contributed by atoms with Gasteiger partial charge in [0.1, 0.15) is 5.75 Å². The molecule has 74 valence electrons. The number of hydrogen-bond acceptors (Lipinski definition) is 3. The largest absolute Gasteiger partial charge is 0.414 e. The highest BCUT2D eigenvalue weighted by Gasteiger charge is 2.01. The van der Waals surface area contributed by atoms with Crippen molar-refractivity contribution in [2.75, 3.05) is 5.32 Å². The lowest BCUT2D eigenvalue weighted by molar-refractivity contribution is -0.114. The molecule has 0 aliphatic rings. The molecule has 0 bridgehead atoms. The van der Waals surface area contributed by atoms with Gasteiger partial charge < -0.3 is 10.1 Å². The van der Waals surface area contributed by atoms with Crippen LogP contribution in [-0.4, -0.2) is 11.3 Å². The Morgan fingerprint density at radius 2 is 2.14 bits per heavy atom. The second-order valence-corrected chi connectivity index (χ2v) is 2.86. The van der Waals surface area contributed by atoms with Crippen LogP contribution in [0.3, 0.4) is 0 Å². The average molecular weight is 214 g/mol. The van der Waals surface area contributed by atoms with E-state index in [9.17, 15) is 9.59 Å². The monoisotopic (exact) mass is 213 g/mol. The molecule has 1 aromatic rings. The van der Waals surface area contributed by atoms with Crippen LogP contribution in [0.25, 0.3) is 0 Å². The molecular weight excluding hydrogens is 206 g/mol. The molecule has 0 aliphatic carbocycles. The van der Waals surface area contributed by atoms with Crippen molar-refractivity contribution in [1.29, 1.82) is 0 Å². The van der Waals surface area contributed by atoms with E-state index in [4.69, 9.17) is 11.6 Å². The number of carbonyl (C=O) groups is 2. The number of rotatable bonds is 2. The van der Waals surface area contributed by atoms with Gasteiger partial charge in [0.2, 0.25) is 5.91 Å². The van der Waals surface area contributed by atoms with Crippen LogP contribution in [-0.2, 0) is 4.79 Å².